The summed E-state index contributed by atoms with van der Waals surface area (Å²) in [6.45, 7) is 1.97. The van der Waals surface area contributed by atoms with Crippen LogP contribution in [0.3, 0.4) is 0 Å². The SMILES string of the molecule is Cc1ccc(-c2cc(C(=O)Nc3cccc(CO)c3)c3ccccc3n2)cc1. The highest BCUT2D eigenvalue weighted by Gasteiger charge is 2.14. The van der Waals surface area contributed by atoms with E-state index in [0.717, 1.165) is 27.7 Å². The molecule has 4 heteroatoms. The molecule has 0 fully saturated rings. The van der Waals surface area contributed by atoms with Crippen LogP contribution in [0.15, 0.2) is 78.9 Å². The molecule has 0 saturated carbocycles. The maximum atomic E-state index is 13.1. The summed E-state index contributed by atoms with van der Waals surface area (Å²) in [5, 5.41) is 13.1. The zero-order valence-electron chi connectivity index (χ0n) is 15.5. The molecular formula is C24H20N2O2. The van der Waals surface area contributed by atoms with Crippen LogP contribution in [0.25, 0.3) is 22.2 Å². The first-order chi connectivity index (χ1) is 13.6. The Morgan fingerprint density at radius 1 is 0.964 bits per heavy atom. The summed E-state index contributed by atoms with van der Waals surface area (Å²) in [5.74, 6) is -0.206. The van der Waals surface area contributed by atoms with Gasteiger partial charge in [0.15, 0.2) is 0 Å². The molecule has 1 amide bonds. The van der Waals surface area contributed by atoms with Crippen LogP contribution in [-0.4, -0.2) is 16.0 Å². The van der Waals surface area contributed by atoms with E-state index in [0.29, 0.717) is 11.3 Å². The number of para-hydroxylation sites is 1. The van der Waals surface area contributed by atoms with Crippen molar-refractivity contribution in [2.75, 3.05) is 5.32 Å². The molecule has 2 N–H and O–H groups in total. The molecular weight excluding hydrogens is 348 g/mol. The van der Waals surface area contributed by atoms with Crippen LogP contribution in [0.4, 0.5) is 5.69 Å². The molecule has 0 aliphatic carbocycles. The quantitative estimate of drug-likeness (QED) is 0.535. The highest BCUT2D eigenvalue weighted by Crippen LogP contribution is 2.26. The molecule has 0 unspecified atom stereocenters. The van der Waals surface area contributed by atoms with Crippen molar-refractivity contribution in [2.45, 2.75) is 13.5 Å². The van der Waals surface area contributed by atoms with Crippen LogP contribution >= 0.6 is 0 Å². The molecule has 4 nitrogen and oxygen atoms in total. The average Bonchev–Trinajstić information content (AvgIpc) is 2.73. The smallest absolute Gasteiger partial charge is 0.256 e. The van der Waals surface area contributed by atoms with Crippen LogP contribution in [0.2, 0.25) is 0 Å². The highest BCUT2D eigenvalue weighted by molar-refractivity contribution is 6.13. The zero-order chi connectivity index (χ0) is 19.5. The number of hydrogen-bond acceptors (Lipinski definition) is 3. The Labute approximate surface area is 163 Å². The van der Waals surface area contributed by atoms with Crippen molar-refractivity contribution < 1.29 is 9.90 Å². The predicted molar refractivity (Wildman–Crippen MR) is 112 cm³/mol. The van der Waals surface area contributed by atoms with Crippen molar-refractivity contribution in [3.8, 4) is 11.3 Å². The fourth-order valence-corrected chi connectivity index (χ4v) is 3.18. The van der Waals surface area contributed by atoms with Gasteiger partial charge in [-0.1, -0.05) is 60.2 Å². The normalized spacial score (nSPS) is 10.8. The third-order valence-electron chi connectivity index (χ3n) is 4.68. The van der Waals surface area contributed by atoms with Crippen LogP contribution in [-0.2, 0) is 6.61 Å². The molecule has 3 aromatic carbocycles. The fourth-order valence-electron chi connectivity index (χ4n) is 3.18. The fraction of sp³-hybridized carbons (Fsp3) is 0.0833. The highest BCUT2D eigenvalue weighted by atomic mass is 16.3. The number of amides is 1. The molecule has 0 aliphatic heterocycles. The minimum absolute atomic E-state index is 0.0700. The van der Waals surface area contributed by atoms with Gasteiger partial charge in [-0.25, -0.2) is 4.98 Å². The van der Waals surface area contributed by atoms with Crippen molar-refractivity contribution in [3.05, 3.63) is 95.6 Å². The number of aliphatic hydroxyl groups excluding tert-OH is 1. The molecule has 1 heterocycles. The Morgan fingerprint density at radius 3 is 2.54 bits per heavy atom. The number of benzene rings is 3. The maximum Gasteiger partial charge on any atom is 0.256 e. The molecule has 0 atom stereocenters. The summed E-state index contributed by atoms with van der Waals surface area (Å²) < 4.78 is 0. The lowest BCUT2D eigenvalue weighted by Gasteiger charge is -2.11. The Hall–Kier alpha value is -3.50. The maximum absolute atomic E-state index is 13.1. The van der Waals surface area contributed by atoms with Gasteiger partial charge in [0.2, 0.25) is 0 Å². The number of rotatable bonds is 4. The number of nitrogens with one attached hydrogen (secondary N) is 1. The monoisotopic (exact) mass is 368 g/mol. The number of aryl methyl sites for hydroxylation is 1. The van der Waals surface area contributed by atoms with E-state index in [1.807, 2.05) is 73.7 Å². The Bertz CT molecular complexity index is 1150. The molecule has 4 rings (SSSR count). The van der Waals surface area contributed by atoms with E-state index in [9.17, 15) is 9.90 Å². The van der Waals surface area contributed by atoms with E-state index in [2.05, 4.69) is 5.32 Å². The van der Waals surface area contributed by atoms with Gasteiger partial charge in [0, 0.05) is 16.6 Å². The number of fused-ring (bicyclic) bond motifs is 1. The van der Waals surface area contributed by atoms with Crippen molar-refractivity contribution in [1.29, 1.82) is 0 Å². The number of carbonyl (C=O) groups is 1. The first-order valence-electron chi connectivity index (χ1n) is 9.12. The topological polar surface area (TPSA) is 62.2 Å². The number of anilines is 1. The first kappa shape index (κ1) is 17.9. The lowest BCUT2D eigenvalue weighted by molar-refractivity contribution is 0.102. The lowest BCUT2D eigenvalue weighted by Crippen LogP contribution is -2.13. The second-order valence-electron chi connectivity index (χ2n) is 6.75. The second kappa shape index (κ2) is 7.62. The number of pyridine rings is 1. The number of nitrogens with zero attached hydrogens (tertiary/aromatic N) is 1. The molecule has 0 radical (unpaired) electrons. The van der Waals surface area contributed by atoms with Crippen LogP contribution in [0.5, 0.6) is 0 Å². The molecule has 0 aliphatic rings. The number of hydrogen-bond donors (Lipinski definition) is 2. The number of carbonyl (C=O) groups excluding carboxylic acids is 1. The largest absolute Gasteiger partial charge is 0.392 e. The molecule has 4 aromatic rings. The van der Waals surface area contributed by atoms with Gasteiger partial charge in [-0.2, -0.15) is 0 Å². The van der Waals surface area contributed by atoms with Gasteiger partial charge in [-0.15, -0.1) is 0 Å². The average molecular weight is 368 g/mol. The molecule has 28 heavy (non-hydrogen) atoms. The standard InChI is InChI=1S/C24H20N2O2/c1-16-9-11-18(12-10-16)23-14-21(20-7-2-3-8-22(20)26-23)24(28)25-19-6-4-5-17(13-19)15-27/h2-14,27H,15H2,1H3,(H,25,28). The van der Waals surface area contributed by atoms with Crippen LogP contribution in [0, 0.1) is 6.92 Å². The van der Waals surface area contributed by atoms with Crippen LogP contribution < -0.4 is 5.32 Å². The van der Waals surface area contributed by atoms with Gasteiger partial charge in [-0.05, 0) is 36.8 Å². The number of aliphatic hydroxyl groups is 1. The van der Waals surface area contributed by atoms with Gasteiger partial charge < -0.3 is 10.4 Å². The van der Waals surface area contributed by atoms with Crippen molar-refractivity contribution in [3.63, 3.8) is 0 Å². The van der Waals surface area contributed by atoms with E-state index in [1.54, 1.807) is 12.1 Å². The van der Waals surface area contributed by atoms with Crippen molar-refractivity contribution in [2.24, 2.45) is 0 Å². The van der Waals surface area contributed by atoms with Crippen molar-refractivity contribution in [1.82, 2.24) is 4.98 Å². The van der Waals surface area contributed by atoms with Gasteiger partial charge in [0.05, 0.1) is 23.4 Å². The van der Waals surface area contributed by atoms with E-state index in [4.69, 9.17) is 4.98 Å². The van der Waals surface area contributed by atoms with Crippen LogP contribution in [0.1, 0.15) is 21.5 Å². The third-order valence-corrected chi connectivity index (χ3v) is 4.68. The van der Waals surface area contributed by atoms with Crippen molar-refractivity contribution >= 4 is 22.5 Å². The molecule has 0 spiro atoms. The molecule has 1 aromatic heterocycles. The predicted octanol–water partition coefficient (Wildman–Crippen LogP) is 4.95. The minimum Gasteiger partial charge on any atom is -0.392 e. The number of aromatic nitrogens is 1. The van der Waals surface area contributed by atoms with Gasteiger partial charge in [0.1, 0.15) is 0 Å². The lowest BCUT2D eigenvalue weighted by atomic mass is 10.0. The van der Waals surface area contributed by atoms with E-state index in [-0.39, 0.29) is 12.5 Å². The van der Waals surface area contributed by atoms with Gasteiger partial charge in [-0.3, -0.25) is 4.79 Å². The Kier molecular flexibility index (Phi) is 4.87. The third kappa shape index (κ3) is 3.63. The van der Waals surface area contributed by atoms with E-state index >= 15 is 0 Å². The summed E-state index contributed by atoms with van der Waals surface area (Å²) in [4.78, 5) is 17.8. The summed E-state index contributed by atoms with van der Waals surface area (Å²) in [6.07, 6.45) is 0. The summed E-state index contributed by atoms with van der Waals surface area (Å²) >= 11 is 0. The summed E-state index contributed by atoms with van der Waals surface area (Å²) in [7, 11) is 0. The zero-order valence-corrected chi connectivity index (χ0v) is 15.5. The van der Waals surface area contributed by atoms with E-state index in [1.165, 1.54) is 5.56 Å². The molecule has 0 saturated heterocycles. The molecule has 138 valence electrons. The minimum atomic E-state index is -0.206. The van der Waals surface area contributed by atoms with Gasteiger partial charge >= 0.3 is 0 Å². The van der Waals surface area contributed by atoms with Gasteiger partial charge in [0.25, 0.3) is 5.91 Å². The second-order valence-corrected chi connectivity index (χ2v) is 6.75. The Morgan fingerprint density at radius 2 is 1.75 bits per heavy atom. The molecule has 0 bridgehead atoms. The first-order valence-corrected chi connectivity index (χ1v) is 9.12. The van der Waals surface area contributed by atoms with E-state index < -0.39 is 0 Å². The summed E-state index contributed by atoms with van der Waals surface area (Å²) in [5.41, 5.74) is 5.63. The summed E-state index contributed by atoms with van der Waals surface area (Å²) in [6, 6.07) is 24.8. The Balaban J connectivity index is 1.78.